The van der Waals surface area contributed by atoms with Crippen LogP contribution in [0.25, 0.3) is 5.57 Å². The molecule has 0 aliphatic rings. The van der Waals surface area contributed by atoms with Crippen molar-refractivity contribution in [2.75, 3.05) is 0 Å². The Balaban J connectivity index is 0. The van der Waals surface area contributed by atoms with Gasteiger partial charge in [0.25, 0.3) is 0 Å². The van der Waals surface area contributed by atoms with E-state index in [1.54, 1.807) is 5.56 Å². The summed E-state index contributed by atoms with van der Waals surface area (Å²) in [6, 6.07) is 6.76. The van der Waals surface area contributed by atoms with Crippen LogP contribution in [0.5, 0.6) is 0 Å². The summed E-state index contributed by atoms with van der Waals surface area (Å²) in [6.45, 7) is 26.8. The molecule has 1 aromatic rings. The molecule has 1 aromatic carbocycles. The number of allylic oxidation sites excluding steroid dienone is 2. The smallest absolute Gasteiger partial charge is 0.00948 e. The van der Waals surface area contributed by atoms with Crippen molar-refractivity contribution < 1.29 is 0 Å². The molecule has 0 heterocycles. The lowest BCUT2D eigenvalue weighted by molar-refractivity contribution is 0.364. The van der Waals surface area contributed by atoms with E-state index in [1.807, 2.05) is 13.8 Å². The summed E-state index contributed by atoms with van der Waals surface area (Å²) < 4.78 is 0. The second-order valence-electron chi connectivity index (χ2n) is 9.18. The lowest BCUT2D eigenvalue weighted by atomic mass is 9.73. The summed E-state index contributed by atoms with van der Waals surface area (Å²) in [6.07, 6.45) is 8.79. The average Bonchev–Trinajstić information content (AvgIpc) is 2.66. The van der Waals surface area contributed by atoms with E-state index in [1.165, 1.54) is 48.8 Å². The third kappa shape index (κ3) is 11.1. The zero-order valence-electron chi connectivity index (χ0n) is 21.5. The minimum absolute atomic E-state index is 0.233. The van der Waals surface area contributed by atoms with Crippen molar-refractivity contribution in [1.29, 1.82) is 0 Å². The monoisotopic (exact) mass is 388 g/mol. The predicted molar refractivity (Wildman–Crippen MR) is 133 cm³/mol. The largest absolute Gasteiger partial charge is 0.0841 e. The third-order valence-electron chi connectivity index (χ3n) is 5.31. The lowest BCUT2D eigenvalue weighted by Crippen LogP contribution is -2.21. The van der Waals surface area contributed by atoms with Crippen molar-refractivity contribution in [3.8, 4) is 0 Å². The van der Waals surface area contributed by atoms with E-state index >= 15 is 0 Å². The molecule has 0 aliphatic carbocycles. The van der Waals surface area contributed by atoms with Gasteiger partial charge in [-0.3, -0.25) is 0 Å². The highest BCUT2D eigenvalue weighted by molar-refractivity contribution is 5.68. The van der Waals surface area contributed by atoms with Gasteiger partial charge in [0, 0.05) is 0 Å². The normalized spacial score (nSPS) is 12.7. The summed E-state index contributed by atoms with van der Waals surface area (Å²) in [5, 5.41) is 0. The Labute approximate surface area is 179 Å². The summed E-state index contributed by atoms with van der Waals surface area (Å²) in [7, 11) is 0. The molecule has 0 nitrogen and oxygen atoms in total. The van der Waals surface area contributed by atoms with Gasteiger partial charge in [-0.25, -0.2) is 0 Å². The Morgan fingerprint density at radius 2 is 1.54 bits per heavy atom. The molecule has 0 aliphatic heterocycles. The molecule has 0 heteroatoms. The maximum atomic E-state index is 2.43. The molecule has 0 radical (unpaired) electrons. The van der Waals surface area contributed by atoms with Crippen LogP contribution in [0.1, 0.15) is 125 Å². The van der Waals surface area contributed by atoms with Crippen LogP contribution in [0, 0.1) is 18.8 Å². The quantitative estimate of drug-likeness (QED) is 0.415. The number of hydrogen-bond acceptors (Lipinski definition) is 0. The Hall–Kier alpha value is -1.04. The van der Waals surface area contributed by atoms with Gasteiger partial charge in [-0.15, -0.1) is 0 Å². The number of hydrogen-bond donors (Lipinski definition) is 0. The summed E-state index contributed by atoms with van der Waals surface area (Å²) in [5.41, 5.74) is 6.05. The van der Waals surface area contributed by atoms with E-state index in [2.05, 4.69) is 93.5 Å². The summed E-state index contributed by atoms with van der Waals surface area (Å²) >= 11 is 0. The van der Waals surface area contributed by atoms with Crippen molar-refractivity contribution in [3.63, 3.8) is 0 Å². The Morgan fingerprint density at radius 1 is 1.00 bits per heavy atom. The third-order valence-corrected chi connectivity index (χ3v) is 5.31. The fourth-order valence-electron chi connectivity index (χ4n) is 3.54. The van der Waals surface area contributed by atoms with Crippen LogP contribution in [0.3, 0.4) is 0 Å². The molecule has 0 aromatic heterocycles. The fraction of sp³-hybridized carbons (Fsp3) is 0.714. The average molecular weight is 389 g/mol. The zero-order chi connectivity index (χ0) is 22.3. The Morgan fingerprint density at radius 3 is 2.00 bits per heavy atom. The van der Waals surface area contributed by atoms with Gasteiger partial charge in [0.2, 0.25) is 0 Å². The van der Waals surface area contributed by atoms with E-state index in [9.17, 15) is 0 Å². The highest BCUT2D eigenvalue weighted by Crippen LogP contribution is 2.37. The standard InChI is InChI=1S/C23H38.C3H8.C2H6/c1-9-19(5)21-12-10-11-20(6)22(21)23(7,8)16-15-18(4)14-13-17(2)3;1-3-2;1-2/h9-12,17-18H,13-16H2,1-8H3;3H2,1-2H3;1-2H3/b19-9+;;/t18-;;/m0../s1. The molecule has 0 saturated carbocycles. The lowest BCUT2D eigenvalue weighted by Gasteiger charge is -2.31. The van der Waals surface area contributed by atoms with Crippen molar-refractivity contribution in [3.05, 3.63) is 41.0 Å². The van der Waals surface area contributed by atoms with Crippen molar-refractivity contribution in [1.82, 2.24) is 0 Å². The second kappa shape index (κ2) is 15.8. The van der Waals surface area contributed by atoms with E-state index in [0.29, 0.717) is 0 Å². The molecule has 28 heavy (non-hydrogen) atoms. The molecular weight excluding hydrogens is 336 g/mol. The first-order valence-electron chi connectivity index (χ1n) is 11.8. The maximum Gasteiger partial charge on any atom is -0.00948 e. The maximum absolute atomic E-state index is 2.43. The first-order valence-corrected chi connectivity index (χ1v) is 11.8. The molecule has 1 atom stereocenters. The van der Waals surface area contributed by atoms with E-state index in [4.69, 9.17) is 0 Å². The number of aryl methyl sites for hydroxylation is 1. The van der Waals surface area contributed by atoms with Crippen LogP contribution in [0.2, 0.25) is 0 Å². The molecule has 0 saturated heterocycles. The fourth-order valence-corrected chi connectivity index (χ4v) is 3.54. The first kappa shape index (κ1) is 29.2. The van der Waals surface area contributed by atoms with Crippen molar-refractivity contribution >= 4 is 5.57 Å². The van der Waals surface area contributed by atoms with Gasteiger partial charge in [0.05, 0.1) is 0 Å². The Bertz CT molecular complexity index is 531. The Kier molecular flexibility index (Phi) is 16.5. The minimum atomic E-state index is 0.233. The van der Waals surface area contributed by atoms with Crippen molar-refractivity contribution in [2.24, 2.45) is 11.8 Å². The number of benzene rings is 1. The predicted octanol–water partition coefficient (Wildman–Crippen LogP) is 9.99. The van der Waals surface area contributed by atoms with Crippen LogP contribution in [0.4, 0.5) is 0 Å². The van der Waals surface area contributed by atoms with Gasteiger partial charge in [-0.05, 0) is 73.1 Å². The van der Waals surface area contributed by atoms with Gasteiger partial charge in [0.1, 0.15) is 0 Å². The second-order valence-corrected chi connectivity index (χ2v) is 9.18. The van der Waals surface area contributed by atoms with Gasteiger partial charge in [0.15, 0.2) is 0 Å². The SMILES string of the molecule is C/C=C(\C)c1cccc(C)c1C(C)(C)CC[C@@H](C)CCC(C)C.CC.CCC. The van der Waals surface area contributed by atoms with E-state index < -0.39 is 0 Å². The van der Waals surface area contributed by atoms with Crippen LogP contribution < -0.4 is 0 Å². The van der Waals surface area contributed by atoms with Crippen LogP contribution >= 0.6 is 0 Å². The van der Waals surface area contributed by atoms with Gasteiger partial charge < -0.3 is 0 Å². The van der Waals surface area contributed by atoms with Gasteiger partial charge in [-0.2, -0.15) is 0 Å². The van der Waals surface area contributed by atoms with E-state index in [-0.39, 0.29) is 5.41 Å². The topological polar surface area (TPSA) is 0 Å². The molecule has 1 rings (SSSR count). The van der Waals surface area contributed by atoms with Crippen LogP contribution in [0.15, 0.2) is 24.3 Å². The summed E-state index contributed by atoms with van der Waals surface area (Å²) in [4.78, 5) is 0. The highest BCUT2D eigenvalue weighted by atomic mass is 14.3. The molecular formula is C28H52. The molecule has 0 spiro atoms. The zero-order valence-corrected chi connectivity index (χ0v) is 21.5. The van der Waals surface area contributed by atoms with Crippen LogP contribution in [-0.2, 0) is 5.41 Å². The first-order chi connectivity index (χ1) is 13.1. The van der Waals surface area contributed by atoms with E-state index in [0.717, 1.165) is 11.8 Å². The summed E-state index contributed by atoms with van der Waals surface area (Å²) in [5.74, 6) is 1.65. The molecule has 164 valence electrons. The van der Waals surface area contributed by atoms with Gasteiger partial charge >= 0.3 is 0 Å². The minimum Gasteiger partial charge on any atom is -0.0841 e. The molecule has 0 N–H and O–H groups in total. The van der Waals surface area contributed by atoms with Gasteiger partial charge in [-0.1, -0.05) is 106 Å². The molecule has 0 fully saturated rings. The molecule has 0 unspecified atom stereocenters. The molecule has 0 bridgehead atoms. The van der Waals surface area contributed by atoms with Crippen LogP contribution in [-0.4, -0.2) is 0 Å². The van der Waals surface area contributed by atoms with Crippen molar-refractivity contribution in [2.45, 2.75) is 121 Å². The molecule has 0 amide bonds. The number of rotatable bonds is 8. The highest BCUT2D eigenvalue weighted by Gasteiger charge is 2.26.